The second-order valence-electron chi connectivity index (χ2n) is 6.13. The Kier molecular flexibility index (Phi) is 4.78. The van der Waals surface area contributed by atoms with Gasteiger partial charge in [-0.1, -0.05) is 20.8 Å². The summed E-state index contributed by atoms with van der Waals surface area (Å²) in [6.07, 6.45) is 2.44. The molecule has 1 saturated heterocycles. The highest BCUT2D eigenvalue weighted by molar-refractivity contribution is 7.88. The third-order valence-electron chi connectivity index (χ3n) is 2.96. The maximum Gasteiger partial charge on any atom is 0.223 e. The van der Waals surface area contributed by atoms with E-state index in [0.717, 1.165) is 0 Å². The Morgan fingerprint density at radius 2 is 1.72 bits per heavy atom. The van der Waals surface area contributed by atoms with Crippen LogP contribution in [0.1, 0.15) is 33.6 Å². The summed E-state index contributed by atoms with van der Waals surface area (Å²) in [7, 11) is -3.14. The molecular weight excluding hydrogens is 252 g/mol. The monoisotopic (exact) mass is 276 g/mol. The minimum atomic E-state index is -3.14. The summed E-state index contributed by atoms with van der Waals surface area (Å²) in [6.45, 7) is 8.18. The van der Waals surface area contributed by atoms with Crippen LogP contribution in [0.5, 0.6) is 0 Å². The van der Waals surface area contributed by atoms with Crippen LogP contribution in [0.15, 0.2) is 0 Å². The highest BCUT2D eigenvalue weighted by atomic mass is 32.2. The summed E-state index contributed by atoms with van der Waals surface area (Å²) < 4.78 is 24.4. The number of hydrogen-bond acceptors (Lipinski definition) is 3. The standard InChI is InChI=1S/C12H24N2O3S/c1-12(2,3)10-11(15)13-6-5-7-14(9-8-13)18(4,16)17/h5-10H2,1-4H3. The molecule has 1 amide bonds. The van der Waals surface area contributed by atoms with E-state index >= 15 is 0 Å². The predicted molar refractivity (Wildman–Crippen MR) is 71.7 cm³/mol. The molecular formula is C12H24N2O3S. The number of carbonyl (C=O) groups is 1. The molecule has 0 aliphatic carbocycles. The van der Waals surface area contributed by atoms with Crippen molar-refractivity contribution in [3.8, 4) is 0 Å². The van der Waals surface area contributed by atoms with Gasteiger partial charge in [0.2, 0.25) is 15.9 Å². The molecule has 0 saturated carbocycles. The number of sulfonamides is 1. The van der Waals surface area contributed by atoms with Crippen molar-refractivity contribution in [2.24, 2.45) is 5.41 Å². The van der Waals surface area contributed by atoms with Gasteiger partial charge in [0.05, 0.1) is 6.26 Å². The first-order chi connectivity index (χ1) is 8.09. The molecule has 18 heavy (non-hydrogen) atoms. The van der Waals surface area contributed by atoms with Crippen LogP contribution in [0.3, 0.4) is 0 Å². The number of carbonyl (C=O) groups excluding carboxylic acids is 1. The molecule has 6 heteroatoms. The van der Waals surface area contributed by atoms with Crippen molar-refractivity contribution < 1.29 is 13.2 Å². The van der Waals surface area contributed by atoms with E-state index in [1.165, 1.54) is 10.6 Å². The Morgan fingerprint density at radius 1 is 1.11 bits per heavy atom. The maximum atomic E-state index is 12.1. The van der Waals surface area contributed by atoms with Gasteiger partial charge in [0.25, 0.3) is 0 Å². The van der Waals surface area contributed by atoms with Crippen LogP contribution in [0.4, 0.5) is 0 Å². The van der Waals surface area contributed by atoms with E-state index in [0.29, 0.717) is 39.0 Å². The Labute approximate surface area is 110 Å². The molecule has 0 atom stereocenters. The highest BCUT2D eigenvalue weighted by Gasteiger charge is 2.25. The molecule has 1 aliphatic rings. The lowest BCUT2D eigenvalue weighted by atomic mass is 9.91. The first kappa shape index (κ1) is 15.4. The molecule has 1 aliphatic heterocycles. The van der Waals surface area contributed by atoms with Crippen LogP contribution in [-0.4, -0.2) is 56.0 Å². The summed E-state index contributed by atoms with van der Waals surface area (Å²) in [5.74, 6) is 0.123. The summed E-state index contributed by atoms with van der Waals surface area (Å²) in [4.78, 5) is 13.9. The fourth-order valence-electron chi connectivity index (χ4n) is 2.04. The topological polar surface area (TPSA) is 57.7 Å². The molecule has 0 unspecified atom stereocenters. The zero-order valence-corrected chi connectivity index (χ0v) is 12.6. The second kappa shape index (κ2) is 5.57. The molecule has 1 rings (SSSR count). The second-order valence-corrected chi connectivity index (χ2v) is 8.12. The van der Waals surface area contributed by atoms with E-state index < -0.39 is 10.0 Å². The smallest absolute Gasteiger partial charge is 0.223 e. The summed E-state index contributed by atoms with van der Waals surface area (Å²) in [5, 5.41) is 0. The zero-order valence-electron chi connectivity index (χ0n) is 11.8. The Balaban J connectivity index is 2.60. The van der Waals surface area contributed by atoms with Crippen LogP contribution in [0.25, 0.3) is 0 Å². The van der Waals surface area contributed by atoms with E-state index in [9.17, 15) is 13.2 Å². The third kappa shape index (κ3) is 4.94. The van der Waals surface area contributed by atoms with Crippen molar-refractivity contribution in [1.29, 1.82) is 0 Å². The van der Waals surface area contributed by atoms with Crippen molar-refractivity contribution in [2.45, 2.75) is 33.6 Å². The van der Waals surface area contributed by atoms with Crippen LogP contribution in [-0.2, 0) is 14.8 Å². The van der Waals surface area contributed by atoms with Gasteiger partial charge in [-0.15, -0.1) is 0 Å². The van der Waals surface area contributed by atoms with Gasteiger partial charge in [0, 0.05) is 32.6 Å². The molecule has 0 bridgehead atoms. The first-order valence-corrected chi connectivity index (χ1v) is 8.17. The maximum absolute atomic E-state index is 12.1. The van der Waals surface area contributed by atoms with Gasteiger partial charge in [0.1, 0.15) is 0 Å². The summed E-state index contributed by atoms with van der Waals surface area (Å²) in [6, 6.07) is 0. The van der Waals surface area contributed by atoms with Gasteiger partial charge >= 0.3 is 0 Å². The lowest BCUT2D eigenvalue weighted by molar-refractivity contribution is -0.132. The molecule has 0 spiro atoms. The predicted octanol–water partition coefficient (Wildman–Crippen LogP) is 0.917. The minimum absolute atomic E-state index is 0.0279. The van der Waals surface area contributed by atoms with E-state index in [1.807, 2.05) is 20.8 Å². The van der Waals surface area contributed by atoms with Crippen LogP contribution in [0, 0.1) is 5.41 Å². The van der Waals surface area contributed by atoms with Gasteiger partial charge in [-0.2, -0.15) is 0 Å². The lowest BCUT2D eigenvalue weighted by Crippen LogP contribution is -2.38. The molecule has 0 aromatic carbocycles. The van der Waals surface area contributed by atoms with Crippen LogP contribution >= 0.6 is 0 Å². The van der Waals surface area contributed by atoms with E-state index in [1.54, 1.807) is 4.90 Å². The minimum Gasteiger partial charge on any atom is -0.341 e. The van der Waals surface area contributed by atoms with Crippen LogP contribution in [0.2, 0.25) is 0 Å². The molecule has 0 radical (unpaired) electrons. The third-order valence-corrected chi connectivity index (χ3v) is 4.26. The van der Waals surface area contributed by atoms with Gasteiger partial charge in [-0.25, -0.2) is 12.7 Å². The number of rotatable bonds is 2. The number of amides is 1. The average molecular weight is 276 g/mol. The fraction of sp³-hybridized carbons (Fsp3) is 0.917. The van der Waals surface area contributed by atoms with Crippen molar-refractivity contribution in [2.75, 3.05) is 32.4 Å². The van der Waals surface area contributed by atoms with E-state index in [4.69, 9.17) is 0 Å². The van der Waals surface area contributed by atoms with Crippen molar-refractivity contribution >= 4 is 15.9 Å². The highest BCUT2D eigenvalue weighted by Crippen LogP contribution is 2.20. The average Bonchev–Trinajstić information content (AvgIpc) is 2.38. The summed E-state index contributed by atoms with van der Waals surface area (Å²) in [5.41, 5.74) is -0.0279. The van der Waals surface area contributed by atoms with Crippen LogP contribution < -0.4 is 0 Å². The summed E-state index contributed by atoms with van der Waals surface area (Å²) >= 11 is 0. The zero-order chi connectivity index (χ0) is 14.0. The molecule has 0 N–H and O–H groups in total. The fourth-order valence-corrected chi connectivity index (χ4v) is 2.91. The largest absolute Gasteiger partial charge is 0.341 e. The SMILES string of the molecule is CC(C)(C)CC(=O)N1CCCN(S(C)(=O)=O)CC1. The molecule has 1 heterocycles. The van der Waals surface area contributed by atoms with Gasteiger partial charge in [-0.05, 0) is 11.8 Å². The Morgan fingerprint density at radius 3 is 2.22 bits per heavy atom. The molecule has 5 nitrogen and oxygen atoms in total. The Hall–Kier alpha value is -0.620. The Bertz CT molecular complexity index is 398. The molecule has 106 valence electrons. The van der Waals surface area contributed by atoms with E-state index in [-0.39, 0.29) is 11.3 Å². The van der Waals surface area contributed by atoms with Crippen molar-refractivity contribution in [3.63, 3.8) is 0 Å². The lowest BCUT2D eigenvalue weighted by Gasteiger charge is -2.25. The van der Waals surface area contributed by atoms with Gasteiger partial charge in [-0.3, -0.25) is 4.79 Å². The first-order valence-electron chi connectivity index (χ1n) is 6.32. The number of nitrogens with zero attached hydrogens (tertiary/aromatic N) is 2. The van der Waals surface area contributed by atoms with E-state index in [2.05, 4.69) is 0 Å². The molecule has 1 fully saturated rings. The molecule has 0 aromatic heterocycles. The quantitative estimate of drug-likeness (QED) is 0.753. The number of hydrogen-bond donors (Lipinski definition) is 0. The van der Waals surface area contributed by atoms with Gasteiger partial charge < -0.3 is 4.90 Å². The normalized spacial score (nSPS) is 19.7. The van der Waals surface area contributed by atoms with Crippen molar-refractivity contribution in [3.05, 3.63) is 0 Å². The van der Waals surface area contributed by atoms with Gasteiger partial charge in [0.15, 0.2) is 0 Å². The molecule has 0 aromatic rings. The van der Waals surface area contributed by atoms with Crippen molar-refractivity contribution in [1.82, 2.24) is 9.21 Å².